The summed E-state index contributed by atoms with van der Waals surface area (Å²) in [5.41, 5.74) is 5.61. The molecule has 4 rings (SSSR count). The average molecular weight is 417 g/mol. The van der Waals surface area contributed by atoms with Crippen LogP contribution < -0.4 is 20.3 Å². The monoisotopic (exact) mass is 416 g/mol. The molecule has 0 fully saturated rings. The van der Waals surface area contributed by atoms with Crippen LogP contribution in [0.2, 0.25) is 0 Å². The van der Waals surface area contributed by atoms with Gasteiger partial charge in [0.1, 0.15) is 18.8 Å². The van der Waals surface area contributed by atoms with Crippen LogP contribution in [0.1, 0.15) is 20.9 Å². The molecule has 1 aliphatic heterocycles. The molecule has 0 bridgehead atoms. The van der Waals surface area contributed by atoms with Gasteiger partial charge >= 0.3 is 5.91 Å². The number of carbonyl (C=O) groups excluding carboxylic acids is 2. The van der Waals surface area contributed by atoms with E-state index >= 15 is 0 Å². The van der Waals surface area contributed by atoms with Crippen molar-refractivity contribution in [1.29, 1.82) is 0 Å². The lowest BCUT2D eigenvalue weighted by Gasteiger charge is -2.18. The van der Waals surface area contributed by atoms with E-state index in [2.05, 4.69) is 26.8 Å². The zero-order chi connectivity index (χ0) is 18.1. The van der Waals surface area contributed by atoms with Gasteiger partial charge in [-0.25, -0.2) is 0 Å². The normalized spacial score (nSPS) is 12.7. The Labute approximate surface area is 156 Å². The van der Waals surface area contributed by atoms with Gasteiger partial charge < -0.3 is 13.9 Å². The fourth-order valence-electron chi connectivity index (χ4n) is 2.56. The Hall–Kier alpha value is -3.00. The molecule has 0 unspecified atom stereocenters. The van der Waals surface area contributed by atoms with E-state index in [1.54, 1.807) is 30.3 Å². The van der Waals surface area contributed by atoms with Gasteiger partial charge in [-0.15, -0.1) is 0 Å². The minimum atomic E-state index is -0.553. The largest absolute Gasteiger partial charge is 0.486 e. The van der Waals surface area contributed by atoms with E-state index in [0.29, 0.717) is 35.9 Å². The first kappa shape index (κ1) is 16.5. The molecule has 1 aromatic heterocycles. The smallest absolute Gasteiger partial charge is 0.305 e. The number of nitrogens with one attached hydrogen (secondary N) is 2. The quantitative estimate of drug-likeness (QED) is 0.626. The van der Waals surface area contributed by atoms with E-state index in [1.165, 1.54) is 0 Å². The molecule has 3 aromatic rings. The van der Waals surface area contributed by atoms with Crippen molar-refractivity contribution in [2.24, 2.45) is 0 Å². The number of furan rings is 1. The van der Waals surface area contributed by atoms with Gasteiger partial charge in [0.2, 0.25) is 0 Å². The number of hydrogen-bond donors (Lipinski definition) is 2. The Kier molecular flexibility index (Phi) is 4.26. The van der Waals surface area contributed by atoms with Gasteiger partial charge in [0, 0.05) is 15.4 Å². The van der Waals surface area contributed by atoms with Gasteiger partial charge in [0.15, 0.2) is 17.3 Å². The summed E-state index contributed by atoms with van der Waals surface area (Å²) in [5.74, 6) is 0.154. The maximum Gasteiger partial charge on any atom is 0.305 e. The lowest BCUT2D eigenvalue weighted by Crippen LogP contribution is -2.41. The van der Waals surface area contributed by atoms with Crippen LogP contribution in [0.3, 0.4) is 0 Å². The highest BCUT2D eigenvalue weighted by molar-refractivity contribution is 9.10. The molecule has 0 spiro atoms. The molecule has 0 saturated heterocycles. The molecule has 0 aliphatic carbocycles. The zero-order valence-corrected chi connectivity index (χ0v) is 15.0. The SMILES string of the molecule is O=C(NNC(=O)c1cc2cc(Br)ccc2o1)c1ccc2c(c1)OCCO2. The molecule has 0 saturated carbocycles. The lowest BCUT2D eigenvalue weighted by atomic mass is 10.2. The number of hydrazine groups is 1. The Morgan fingerprint density at radius 2 is 1.65 bits per heavy atom. The molecule has 7 nitrogen and oxygen atoms in total. The Morgan fingerprint density at radius 3 is 2.50 bits per heavy atom. The van der Waals surface area contributed by atoms with Crippen LogP contribution in [0.15, 0.2) is 51.4 Å². The van der Waals surface area contributed by atoms with Crippen LogP contribution in [0, 0.1) is 0 Å². The average Bonchev–Trinajstić information content (AvgIpc) is 3.08. The first-order valence-electron chi connectivity index (χ1n) is 7.79. The summed E-state index contributed by atoms with van der Waals surface area (Å²) in [6.45, 7) is 0.902. The van der Waals surface area contributed by atoms with E-state index in [9.17, 15) is 9.59 Å². The maximum atomic E-state index is 12.2. The number of rotatable bonds is 2. The number of hydrogen-bond acceptors (Lipinski definition) is 5. The molecular formula is C18H13BrN2O5. The molecule has 132 valence electrons. The minimum absolute atomic E-state index is 0.0978. The van der Waals surface area contributed by atoms with Crippen molar-refractivity contribution in [3.63, 3.8) is 0 Å². The summed E-state index contributed by atoms with van der Waals surface area (Å²) < 4.78 is 17.2. The van der Waals surface area contributed by atoms with E-state index in [1.807, 2.05) is 12.1 Å². The number of carbonyl (C=O) groups is 2. The molecule has 2 amide bonds. The molecule has 0 atom stereocenters. The van der Waals surface area contributed by atoms with Crippen molar-refractivity contribution in [3.05, 3.63) is 58.3 Å². The third-order valence-corrected chi connectivity index (χ3v) is 4.29. The van der Waals surface area contributed by atoms with Crippen molar-refractivity contribution in [2.75, 3.05) is 13.2 Å². The van der Waals surface area contributed by atoms with Crippen LogP contribution in [0.4, 0.5) is 0 Å². The standard InChI is InChI=1S/C18H13BrN2O5/c19-12-2-4-13-11(7-12)9-16(26-13)18(23)21-20-17(22)10-1-3-14-15(8-10)25-6-5-24-14/h1-4,7-9H,5-6H2,(H,20,22)(H,21,23). The topological polar surface area (TPSA) is 89.8 Å². The summed E-state index contributed by atoms with van der Waals surface area (Å²) in [7, 11) is 0. The third-order valence-electron chi connectivity index (χ3n) is 3.80. The van der Waals surface area contributed by atoms with Gasteiger partial charge in [0.25, 0.3) is 5.91 Å². The number of benzene rings is 2. The Bertz CT molecular complexity index is 1010. The minimum Gasteiger partial charge on any atom is -0.486 e. The second-order valence-electron chi connectivity index (χ2n) is 5.56. The maximum absolute atomic E-state index is 12.2. The predicted octanol–water partition coefficient (Wildman–Crippen LogP) is 3.04. The lowest BCUT2D eigenvalue weighted by molar-refractivity contribution is 0.0831. The van der Waals surface area contributed by atoms with E-state index in [4.69, 9.17) is 13.9 Å². The van der Waals surface area contributed by atoms with Crippen LogP contribution in [0.25, 0.3) is 11.0 Å². The fraction of sp³-hybridized carbons (Fsp3) is 0.111. The summed E-state index contributed by atoms with van der Waals surface area (Å²) in [6, 6.07) is 11.8. The van der Waals surface area contributed by atoms with Gasteiger partial charge in [0.05, 0.1) is 0 Å². The summed E-state index contributed by atoms with van der Waals surface area (Å²) in [4.78, 5) is 24.4. The summed E-state index contributed by atoms with van der Waals surface area (Å²) in [5, 5.41) is 0.780. The number of fused-ring (bicyclic) bond motifs is 2. The van der Waals surface area contributed by atoms with Gasteiger partial charge in [-0.1, -0.05) is 15.9 Å². The number of amides is 2. The van der Waals surface area contributed by atoms with E-state index in [-0.39, 0.29) is 5.76 Å². The van der Waals surface area contributed by atoms with E-state index < -0.39 is 11.8 Å². The predicted molar refractivity (Wildman–Crippen MR) is 96.3 cm³/mol. The van der Waals surface area contributed by atoms with Crippen molar-refractivity contribution in [1.82, 2.24) is 10.9 Å². The first-order chi connectivity index (χ1) is 12.6. The second kappa shape index (κ2) is 6.72. The molecule has 26 heavy (non-hydrogen) atoms. The van der Waals surface area contributed by atoms with Crippen molar-refractivity contribution in [3.8, 4) is 11.5 Å². The highest BCUT2D eigenvalue weighted by Crippen LogP contribution is 2.30. The molecule has 0 radical (unpaired) electrons. The third kappa shape index (κ3) is 3.23. The van der Waals surface area contributed by atoms with Gasteiger partial charge in [-0.05, 0) is 42.5 Å². The molecule has 2 aromatic carbocycles. The molecule has 2 heterocycles. The highest BCUT2D eigenvalue weighted by atomic mass is 79.9. The fourth-order valence-corrected chi connectivity index (χ4v) is 2.94. The van der Waals surface area contributed by atoms with Crippen LogP contribution in [0.5, 0.6) is 11.5 Å². The molecule has 1 aliphatic rings. The Balaban J connectivity index is 1.44. The van der Waals surface area contributed by atoms with Crippen molar-refractivity contribution in [2.45, 2.75) is 0 Å². The number of ether oxygens (including phenoxy) is 2. The summed E-state index contributed by atoms with van der Waals surface area (Å²) >= 11 is 3.36. The van der Waals surface area contributed by atoms with E-state index in [0.717, 1.165) is 9.86 Å². The first-order valence-corrected chi connectivity index (χ1v) is 8.59. The second-order valence-corrected chi connectivity index (χ2v) is 6.48. The molecular weight excluding hydrogens is 404 g/mol. The van der Waals surface area contributed by atoms with Crippen molar-refractivity contribution < 1.29 is 23.5 Å². The van der Waals surface area contributed by atoms with Crippen LogP contribution >= 0.6 is 15.9 Å². The van der Waals surface area contributed by atoms with Crippen LogP contribution in [-0.4, -0.2) is 25.0 Å². The Morgan fingerprint density at radius 1 is 0.885 bits per heavy atom. The highest BCUT2D eigenvalue weighted by Gasteiger charge is 2.17. The molecule has 8 heteroatoms. The van der Waals surface area contributed by atoms with Gasteiger partial charge in [-0.2, -0.15) is 0 Å². The summed E-state index contributed by atoms with van der Waals surface area (Å²) in [6.07, 6.45) is 0. The molecule has 2 N–H and O–H groups in total. The zero-order valence-electron chi connectivity index (χ0n) is 13.4. The van der Waals surface area contributed by atoms with Crippen LogP contribution in [-0.2, 0) is 0 Å². The van der Waals surface area contributed by atoms with Crippen molar-refractivity contribution >= 4 is 38.7 Å². The number of halogens is 1. The van der Waals surface area contributed by atoms with Gasteiger partial charge in [-0.3, -0.25) is 20.4 Å².